The number of aromatic nitrogens is 1. The first-order valence-corrected chi connectivity index (χ1v) is 7.21. The second kappa shape index (κ2) is 4.38. The van der Waals surface area contributed by atoms with E-state index >= 15 is 0 Å². The van der Waals surface area contributed by atoms with Crippen molar-refractivity contribution >= 4 is 17.0 Å². The summed E-state index contributed by atoms with van der Waals surface area (Å²) in [5, 5.41) is 1.36. The van der Waals surface area contributed by atoms with Gasteiger partial charge < -0.3 is 4.57 Å². The molecule has 1 aromatic heterocycles. The van der Waals surface area contributed by atoms with Gasteiger partial charge in [0.15, 0.2) is 0 Å². The Morgan fingerprint density at radius 1 is 0.950 bits per heavy atom. The van der Waals surface area contributed by atoms with E-state index in [0.717, 1.165) is 6.42 Å². The summed E-state index contributed by atoms with van der Waals surface area (Å²) >= 11 is 0. The minimum Gasteiger partial charge on any atom is -0.313 e. The van der Waals surface area contributed by atoms with Gasteiger partial charge in [0.2, 0.25) is 0 Å². The molecular formula is C19H17N. The van der Waals surface area contributed by atoms with Crippen molar-refractivity contribution in [3.05, 3.63) is 71.9 Å². The van der Waals surface area contributed by atoms with Crippen molar-refractivity contribution < 1.29 is 0 Å². The predicted molar refractivity (Wildman–Crippen MR) is 85.3 cm³/mol. The van der Waals surface area contributed by atoms with Crippen LogP contribution in [0.4, 0.5) is 0 Å². The lowest BCUT2D eigenvalue weighted by atomic mass is 9.93. The molecule has 1 unspecified atom stereocenters. The van der Waals surface area contributed by atoms with Crippen molar-refractivity contribution in [2.45, 2.75) is 19.3 Å². The van der Waals surface area contributed by atoms with E-state index in [-0.39, 0.29) is 0 Å². The minimum atomic E-state index is 0.558. The van der Waals surface area contributed by atoms with Crippen molar-refractivity contribution in [2.75, 3.05) is 0 Å². The molecule has 0 N–H and O–H groups in total. The zero-order valence-electron chi connectivity index (χ0n) is 11.6. The third kappa shape index (κ3) is 1.56. The summed E-state index contributed by atoms with van der Waals surface area (Å²) in [7, 11) is 0. The van der Waals surface area contributed by atoms with E-state index in [1.54, 1.807) is 0 Å². The van der Waals surface area contributed by atoms with Gasteiger partial charge in [-0.05, 0) is 24.6 Å². The molecule has 0 bridgehead atoms. The number of benzene rings is 2. The molecule has 1 aliphatic rings. The molecule has 0 amide bonds. The van der Waals surface area contributed by atoms with Crippen molar-refractivity contribution in [3.63, 3.8) is 0 Å². The van der Waals surface area contributed by atoms with Gasteiger partial charge in [-0.15, -0.1) is 0 Å². The molecule has 1 heteroatoms. The highest BCUT2D eigenvalue weighted by atomic mass is 15.0. The number of fused-ring (bicyclic) bond motifs is 3. The lowest BCUT2D eigenvalue weighted by Crippen LogP contribution is -2.06. The molecule has 0 saturated carbocycles. The van der Waals surface area contributed by atoms with Crippen LogP contribution < -0.4 is 0 Å². The molecule has 1 aliphatic carbocycles. The lowest BCUT2D eigenvalue weighted by Gasteiger charge is -2.19. The highest BCUT2D eigenvalue weighted by Gasteiger charge is 2.22. The van der Waals surface area contributed by atoms with Gasteiger partial charge >= 0.3 is 0 Å². The molecule has 0 saturated heterocycles. The van der Waals surface area contributed by atoms with Crippen LogP contribution in [0.25, 0.3) is 22.7 Å². The highest BCUT2D eigenvalue weighted by molar-refractivity contribution is 5.93. The molecule has 1 atom stereocenters. The van der Waals surface area contributed by atoms with E-state index < -0.39 is 0 Å². The van der Waals surface area contributed by atoms with Crippen LogP contribution in [0.2, 0.25) is 0 Å². The third-order valence-corrected chi connectivity index (χ3v) is 4.21. The van der Waals surface area contributed by atoms with Crippen LogP contribution in [0.15, 0.2) is 60.7 Å². The molecule has 2 aromatic carbocycles. The fourth-order valence-corrected chi connectivity index (χ4v) is 3.30. The van der Waals surface area contributed by atoms with Crippen LogP contribution in [0.5, 0.6) is 0 Å². The van der Waals surface area contributed by atoms with E-state index in [2.05, 4.69) is 78.2 Å². The molecule has 4 rings (SSSR count). The van der Waals surface area contributed by atoms with Gasteiger partial charge in [-0.25, -0.2) is 0 Å². The molecule has 1 heterocycles. The van der Waals surface area contributed by atoms with Crippen LogP contribution in [-0.4, -0.2) is 4.57 Å². The molecular weight excluding hydrogens is 242 g/mol. The Morgan fingerprint density at radius 2 is 1.70 bits per heavy atom. The maximum Gasteiger partial charge on any atom is 0.0537 e. The Kier molecular flexibility index (Phi) is 2.53. The van der Waals surface area contributed by atoms with Crippen molar-refractivity contribution in [1.29, 1.82) is 0 Å². The molecule has 3 aromatic rings. The Labute approximate surface area is 119 Å². The smallest absolute Gasteiger partial charge is 0.0537 e. The van der Waals surface area contributed by atoms with Crippen LogP contribution in [-0.2, 0) is 0 Å². The SMILES string of the molecule is CC1CC=Cc2c1n(-c1ccccc1)c1ccccc21. The quantitative estimate of drug-likeness (QED) is 0.569. The normalized spacial score (nSPS) is 17.4. The lowest BCUT2D eigenvalue weighted by molar-refractivity contribution is 0.723. The van der Waals surface area contributed by atoms with E-state index in [4.69, 9.17) is 0 Å². The highest BCUT2D eigenvalue weighted by Crippen LogP contribution is 2.38. The number of nitrogens with zero attached hydrogens (tertiary/aromatic N) is 1. The summed E-state index contributed by atoms with van der Waals surface area (Å²) < 4.78 is 2.43. The molecule has 98 valence electrons. The molecule has 0 fully saturated rings. The molecule has 0 aliphatic heterocycles. The monoisotopic (exact) mass is 259 g/mol. The maximum atomic E-state index is 2.43. The number of allylic oxidation sites excluding steroid dienone is 1. The molecule has 1 nitrogen and oxygen atoms in total. The predicted octanol–water partition coefficient (Wildman–Crippen LogP) is 5.15. The largest absolute Gasteiger partial charge is 0.313 e. The van der Waals surface area contributed by atoms with Gasteiger partial charge in [0.25, 0.3) is 0 Å². The average molecular weight is 259 g/mol. The van der Waals surface area contributed by atoms with E-state index in [1.807, 2.05) is 0 Å². The number of rotatable bonds is 1. The van der Waals surface area contributed by atoms with Crippen molar-refractivity contribution in [2.24, 2.45) is 0 Å². The van der Waals surface area contributed by atoms with E-state index in [9.17, 15) is 0 Å². The fourth-order valence-electron chi connectivity index (χ4n) is 3.30. The second-order valence-electron chi connectivity index (χ2n) is 5.53. The van der Waals surface area contributed by atoms with E-state index in [0.29, 0.717) is 5.92 Å². The third-order valence-electron chi connectivity index (χ3n) is 4.21. The number of para-hydroxylation sites is 2. The van der Waals surface area contributed by atoms with Gasteiger partial charge in [-0.3, -0.25) is 0 Å². The molecule has 20 heavy (non-hydrogen) atoms. The fraction of sp³-hybridized carbons (Fsp3) is 0.158. The zero-order chi connectivity index (χ0) is 13.5. The first kappa shape index (κ1) is 11.5. The Morgan fingerprint density at radius 3 is 2.55 bits per heavy atom. The Hall–Kier alpha value is -2.28. The Balaban J connectivity index is 2.15. The van der Waals surface area contributed by atoms with Crippen LogP contribution in [0.3, 0.4) is 0 Å². The van der Waals surface area contributed by atoms with Crippen molar-refractivity contribution in [1.82, 2.24) is 4.57 Å². The zero-order valence-corrected chi connectivity index (χ0v) is 11.6. The van der Waals surface area contributed by atoms with Gasteiger partial charge in [0.05, 0.1) is 5.52 Å². The minimum absolute atomic E-state index is 0.558. The first-order chi connectivity index (χ1) is 9.86. The molecule has 0 spiro atoms. The van der Waals surface area contributed by atoms with Gasteiger partial charge in [0.1, 0.15) is 0 Å². The second-order valence-corrected chi connectivity index (χ2v) is 5.53. The van der Waals surface area contributed by atoms with Gasteiger partial charge in [-0.2, -0.15) is 0 Å². The number of hydrogen-bond donors (Lipinski definition) is 0. The first-order valence-electron chi connectivity index (χ1n) is 7.21. The van der Waals surface area contributed by atoms with Crippen LogP contribution >= 0.6 is 0 Å². The van der Waals surface area contributed by atoms with Crippen molar-refractivity contribution in [3.8, 4) is 5.69 Å². The summed E-state index contributed by atoms with van der Waals surface area (Å²) in [6.45, 7) is 2.32. The van der Waals surface area contributed by atoms with E-state index in [1.165, 1.54) is 27.8 Å². The topological polar surface area (TPSA) is 4.93 Å². The number of hydrogen-bond acceptors (Lipinski definition) is 0. The summed E-state index contributed by atoms with van der Waals surface area (Å²) in [5.74, 6) is 0.558. The summed E-state index contributed by atoms with van der Waals surface area (Å²) in [4.78, 5) is 0. The summed E-state index contributed by atoms with van der Waals surface area (Å²) in [6.07, 6.45) is 5.71. The maximum absolute atomic E-state index is 2.43. The summed E-state index contributed by atoms with van der Waals surface area (Å²) in [5.41, 5.74) is 5.40. The Bertz CT molecular complexity index is 793. The average Bonchev–Trinajstić information content (AvgIpc) is 2.84. The van der Waals surface area contributed by atoms with Crippen LogP contribution in [0, 0.1) is 0 Å². The van der Waals surface area contributed by atoms with Gasteiger partial charge in [0, 0.05) is 28.2 Å². The summed E-state index contributed by atoms with van der Waals surface area (Å²) in [6, 6.07) is 19.4. The standard InChI is InChI=1S/C19H17N/c1-14-8-7-12-17-16-11-5-6-13-18(16)20(19(14)17)15-9-3-2-4-10-15/h2-7,9-14H,8H2,1H3. The molecule has 0 radical (unpaired) electrons. The van der Waals surface area contributed by atoms with Gasteiger partial charge in [-0.1, -0.05) is 55.5 Å². The van der Waals surface area contributed by atoms with Crippen LogP contribution in [0.1, 0.15) is 30.5 Å².